The number of hydrogen-bond acceptors (Lipinski definition) is 4. The van der Waals surface area contributed by atoms with Gasteiger partial charge in [-0.2, -0.15) is 5.26 Å². The summed E-state index contributed by atoms with van der Waals surface area (Å²) in [6, 6.07) is 19.4. The molecule has 1 heterocycles. The minimum atomic E-state index is -0.280. The number of imidazole rings is 1. The third kappa shape index (κ3) is 4.76. The first-order chi connectivity index (χ1) is 15.1. The van der Waals surface area contributed by atoms with Crippen molar-refractivity contribution >= 4 is 38.6 Å². The minimum absolute atomic E-state index is 0.280. The first-order valence-electron chi connectivity index (χ1n) is 9.38. The van der Waals surface area contributed by atoms with E-state index in [0.29, 0.717) is 29.5 Å². The van der Waals surface area contributed by atoms with E-state index < -0.39 is 0 Å². The Bertz CT molecular complexity index is 1310. The molecule has 4 rings (SSSR count). The molecule has 0 radical (unpaired) electrons. The maximum absolute atomic E-state index is 13.0. The second-order valence-corrected chi connectivity index (χ2v) is 7.60. The minimum Gasteiger partial charge on any atom is -0.497 e. The maximum atomic E-state index is 13.0. The van der Waals surface area contributed by atoms with Gasteiger partial charge in [0.05, 0.1) is 28.2 Å². The van der Waals surface area contributed by atoms with Crippen LogP contribution in [-0.2, 0) is 6.61 Å². The van der Waals surface area contributed by atoms with Crippen molar-refractivity contribution in [2.45, 2.75) is 6.61 Å². The van der Waals surface area contributed by atoms with E-state index in [1.54, 1.807) is 25.3 Å². The van der Waals surface area contributed by atoms with Gasteiger partial charge in [0.25, 0.3) is 0 Å². The number of nitrogens with one attached hydrogen (secondary N) is 1. The van der Waals surface area contributed by atoms with E-state index >= 15 is 0 Å². The Hall–Kier alpha value is -3.63. The van der Waals surface area contributed by atoms with Gasteiger partial charge >= 0.3 is 0 Å². The van der Waals surface area contributed by atoms with Gasteiger partial charge in [-0.15, -0.1) is 0 Å². The standard InChI is InChI=1S/C24H17BrFN3O2/c1-30-19-7-8-21-22(12-19)29-24(28-21)17(13-27)10-16-4-9-23(20(25)11-16)31-14-15-2-5-18(26)6-3-15/h2-12H,14H2,1H3,(H,28,29)/b17-10-. The van der Waals surface area contributed by atoms with Crippen molar-refractivity contribution in [2.24, 2.45) is 0 Å². The van der Waals surface area contributed by atoms with Gasteiger partial charge in [0, 0.05) is 6.07 Å². The zero-order valence-corrected chi connectivity index (χ0v) is 18.1. The van der Waals surface area contributed by atoms with Gasteiger partial charge in [0.15, 0.2) is 0 Å². The van der Waals surface area contributed by atoms with Gasteiger partial charge < -0.3 is 14.5 Å². The second kappa shape index (κ2) is 9.02. The molecule has 0 spiro atoms. The Balaban J connectivity index is 1.55. The highest BCUT2D eigenvalue weighted by Crippen LogP contribution is 2.29. The molecule has 0 saturated carbocycles. The number of nitrogens with zero attached hydrogens (tertiary/aromatic N) is 2. The molecule has 3 aromatic carbocycles. The van der Waals surface area contributed by atoms with Gasteiger partial charge in [-0.1, -0.05) is 18.2 Å². The van der Waals surface area contributed by atoms with Crippen LogP contribution in [0.3, 0.4) is 0 Å². The lowest BCUT2D eigenvalue weighted by Crippen LogP contribution is -1.96. The summed E-state index contributed by atoms with van der Waals surface area (Å²) in [6.45, 7) is 0.319. The summed E-state index contributed by atoms with van der Waals surface area (Å²) in [5.74, 6) is 1.57. The van der Waals surface area contributed by atoms with Crippen LogP contribution in [0.1, 0.15) is 17.0 Å². The fraction of sp³-hybridized carbons (Fsp3) is 0.0833. The summed E-state index contributed by atoms with van der Waals surface area (Å²) in [7, 11) is 1.60. The number of halogens is 2. The van der Waals surface area contributed by atoms with Crippen molar-refractivity contribution in [3.05, 3.63) is 87.9 Å². The average Bonchev–Trinajstić information content (AvgIpc) is 3.21. The maximum Gasteiger partial charge on any atom is 0.149 e. The molecule has 1 N–H and O–H groups in total. The zero-order valence-electron chi connectivity index (χ0n) is 16.5. The van der Waals surface area contributed by atoms with Crippen molar-refractivity contribution in [2.75, 3.05) is 7.11 Å². The molecule has 0 saturated heterocycles. The van der Waals surface area contributed by atoms with Gasteiger partial charge in [-0.25, -0.2) is 9.37 Å². The third-order valence-electron chi connectivity index (χ3n) is 4.64. The Labute approximate surface area is 186 Å². The number of hydrogen-bond donors (Lipinski definition) is 1. The molecule has 7 heteroatoms. The Morgan fingerprint density at radius 1 is 1.16 bits per heavy atom. The van der Waals surface area contributed by atoms with Crippen LogP contribution in [0.25, 0.3) is 22.7 Å². The first kappa shape index (κ1) is 20.6. The van der Waals surface area contributed by atoms with Gasteiger partial charge in [0.1, 0.15) is 35.8 Å². The van der Waals surface area contributed by atoms with Crippen molar-refractivity contribution in [1.29, 1.82) is 5.26 Å². The van der Waals surface area contributed by atoms with Crippen LogP contribution in [0.15, 0.2) is 65.1 Å². The number of methoxy groups -OCH3 is 1. The molecule has 0 aliphatic heterocycles. The van der Waals surface area contributed by atoms with Crippen LogP contribution >= 0.6 is 15.9 Å². The van der Waals surface area contributed by atoms with E-state index in [4.69, 9.17) is 9.47 Å². The van der Waals surface area contributed by atoms with E-state index in [1.165, 1.54) is 12.1 Å². The number of aromatic amines is 1. The second-order valence-electron chi connectivity index (χ2n) is 6.74. The molecule has 0 fully saturated rings. The van der Waals surface area contributed by atoms with E-state index in [1.807, 2.05) is 36.4 Å². The van der Waals surface area contributed by atoms with Gasteiger partial charge in [-0.3, -0.25) is 0 Å². The van der Waals surface area contributed by atoms with E-state index in [9.17, 15) is 9.65 Å². The normalized spacial score (nSPS) is 11.4. The van der Waals surface area contributed by atoms with Crippen molar-refractivity contribution in [1.82, 2.24) is 9.97 Å². The van der Waals surface area contributed by atoms with Crippen LogP contribution in [0.2, 0.25) is 0 Å². The van der Waals surface area contributed by atoms with Gasteiger partial charge in [-0.05, 0) is 69.5 Å². The van der Waals surface area contributed by atoms with Crippen molar-refractivity contribution < 1.29 is 13.9 Å². The monoisotopic (exact) mass is 477 g/mol. The summed E-state index contributed by atoms with van der Waals surface area (Å²) in [4.78, 5) is 7.66. The number of nitriles is 1. The topological polar surface area (TPSA) is 70.9 Å². The SMILES string of the molecule is COc1ccc2nc(/C(C#N)=C\c3ccc(OCc4ccc(F)cc4)c(Br)c3)[nH]c2c1. The number of ether oxygens (including phenoxy) is 2. The summed E-state index contributed by atoms with van der Waals surface area (Å²) < 4.78 is 24.8. The fourth-order valence-electron chi connectivity index (χ4n) is 3.03. The lowest BCUT2D eigenvalue weighted by atomic mass is 10.1. The summed E-state index contributed by atoms with van der Waals surface area (Å²) >= 11 is 3.51. The molecule has 0 unspecified atom stereocenters. The quantitative estimate of drug-likeness (QED) is 0.339. The Morgan fingerprint density at radius 2 is 1.97 bits per heavy atom. The van der Waals surface area contributed by atoms with Crippen LogP contribution in [0.5, 0.6) is 11.5 Å². The molecular formula is C24H17BrFN3O2. The Morgan fingerprint density at radius 3 is 2.68 bits per heavy atom. The predicted octanol–water partition coefficient (Wildman–Crippen LogP) is 6.12. The van der Waals surface area contributed by atoms with Crippen molar-refractivity contribution in [3.8, 4) is 17.6 Å². The zero-order chi connectivity index (χ0) is 21.8. The Kier molecular flexibility index (Phi) is 6.01. The van der Waals surface area contributed by atoms with Crippen LogP contribution < -0.4 is 9.47 Å². The lowest BCUT2D eigenvalue weighted by molar-refractivity contribution is 0.304. The van der Waals surface area contributed by atoms with Crippen LogP contribution in [0.4, 0.5) is 4.39 Å². The number of rotatable bonds is 6. The first-order valence-corrected chi connectivity index (χ1v) is 10.2. The van der Waals surface area contributed by atoms with Crippen LogP contribution in [0, 0.1) is 17.1 Å². The molecule has 5 nitrogen and oxygen atoms in total. The average molecular weight is 478 g/mol. The highest BCUT2D eigenvalue weighted by molar-refractivity contribution is 9.10. The molecule has 31 heavy (non-hydrogen) atoms. The molecular weight excluding hydrogens is 461 g/mol. The third-order valence-corrected chi connectivity index (χ3v) is 5.26. The molecule has 0 aliphatic carbocycles. The molecule has 154 valence electrons. The highest BCUT2D eigenvalue weighted by Gasteiger charge is 2.10. The lowest BCUT2D eigenvalue weighted by Gasteiger charge is -2.09. The largest absolute Gasteiger partial charge is 0.497 e. The predicted molar refractivity (Wildman–Crippen MR) is 121 cm³/mol. The number of H-pyrrole nitrogens is 1. The van der Waals surface area contributed by atoms with E-state index in [-0.39, 0.29) is 5.82 Å². The molecule has 0 atom stereocenters. The van der Waals surface area contributed by atoms with E-state index in [0.717, 1.165) is 26.6 Å². The molecule has 4 aromatic rings. The molecule has 0 aliphatic rings. The number of aromatic nitrogens is 2. The fourth-order valence-corrected chi connectivity index (χ4v) is 3.54. The smallest absolute Gasteiger partial charge is 0.149 e. The van der Waals surface area contributed by atoms with Crippen molar-refractivity contribution in [3.63, 3.8) is 0 Å². The molecule has 0 amide bonds. The van der Waals surface area contributed by atoms with Crippen LogP contribution in [-0.4, -0.2) is 17.1 Å². The van der Waals surface area contributed by atoms with E-state index in [2.05, 4.69) is 32.0 Å². The number of benzene rings is 3. The highest BCUT2D eigenvalue weighted by atomic mass is 79.9. The van der Waals surface area contributed by atoms with Gasteiger partial charge in [0.2, 0.25) is 0 Å². The molecule has 0 bridgehead atoms. The summed E-state index contributed by atoms with van der Waals surface area (Å²) in [5.41, 5.74) is 3.63. The summed E-state index contributed by atoms with van der Waals surface area (Å²) in [5, 5.41) is 9.65. The number of fused-ring (bicyclic) bond motifs is 1. The summed E-state index contributed by atoms with van der Waals surface area (Å²) in [6.07, 6.45) is 1.75. The number of allylic oxidation sites excluding steroid dienone is 1. The molecule has 1 aromatic heterocycles.